The Labute approximate surface area is 112 Å². The van der Waals surface area contributed by atoms with Gasteiger partial charge in [-0.15, -0.1) is 0 Å². The minimum Gasteiger partial charge on any atom is -0.495 e. The lowest BCUT2D eigenvalue weighted by Crippen LogP contribution is -2.21. The normalized spacial score (nSPS) is 12.0. The first-order valence-electron chi connectivity index (χ1n) is 5.94. The van der Waals surface area contributed by atoms with Crippen LogP contribution in [0.15, 0.2) is 18.2 Å². The number of ether oxygens (including phenoxy) is 1. The molecule has 0 fully saturated rings. The number of nitrogens with two attached hydrogens (primary N) is 1. The summed E-state index contributed by atoms with van der Waals surface area (Å²) in [6, 6.07) is 5.14. The molecule has 1 atom stereocenters. The lowest BCUT2D eigenvalue weighted by Gasteiger charge is -2.12. The Morgan fingerprint density at radius 3 is 2.78 bits per heavy atom. The van der Waals surface area contributed by atoms with E-state index in [9.17, 15) is 4.79 Å². The fourth-order valence-electron chi connectivity index (χ4n) is 1.61. The van der Waals surface area contributed by atoms with Crippen LogP contribution >= 0.6 is 11.6 Å². The Kier molecular flexibility index (Phi) is 5.95. The number of methoxy groups -OCH3 is 1. The zero-order valence-corrected chi connectivity index (χ0v) is 11.5. The molecule has 0 bridgehead atoms. The summed E-state index contributed by atoms with van der Waals surface area (Å²) in [4.78, 5) is 11.8. The number of nitrogens with one attached hydrogen (secondary N) is 1. The van der Waals surface area contributed by atoms with Crippen LogP contribution in [-0.4, -0.2) is 19.6 Å². The van der Waals surface area contributed by atoms with Crippen molar-refractivity contribution in [3.63, 3.8) is 0 Å². The molecule has 100 valence electrons. The monoisotopic (exact) mass is 270 g/mol. The summed E-state index contributed by atoms with van der Waals surface area (Å²) < 4.78 is 5.04. The van der Waals surface area contributed by atoms with Gasteiger partial charge in [0.2, 0.25) is 5.91 Å². The summed E-state index contributed by atoms with van der Waals surface area (Å²) in [5, 5.41) is 3.27. The second kappa shape index (κ2) is 7.24. The van der Waals surface area contributed by atoms with Crippen molar-refractivity contribution in [3.05, 3.63) is 23.2 Å². The molecule has 0 saturated heterocycles. The molecule has 18 heavy (non-hydrogen) atoms. The molecular formula is C13H19ClN2O2. The number of rotatable bonds is 6. The summed E-state index contributed by atoms with van der Waals surface area (Å²) in [5.74, 6) is 0.760. The molecule has 1 unspecified atom stereocenters. The molecule has 1 rings (SSSR count). The summed E-state index contributed by atoms with van der Waals surface area (Å²) >= 11 is 5.98. The molecule has 0 spiro atoms. The zero-order valence-electron chi connectivity index (χ0n) is 10.7. The topological polar surface area (TPSA) is 64.4 Å². The third-order valence-corrected chi connectivity index (χ3v) is 3.12. The fraction of sp³-hybridized carbons (Fsp3) is 0.462. The molecule has 0 aromatic heterocycles. The first-order valence-corrected chi connectivity index (χ1v) is 6.32. The predicted molar refractivity (Wildman–Crippen MR) is 74.1 cm³/mol. The highest BCUT2D eigenvalue weighted by atomic mass is 35.5. The van der Waals surface area contributed by atoms with Crippen LogP contribution in [-0.2, 0) is 4.79 Å². The first kappa shape index (κ1) is 14.8. The van der Waals surface area contributed by atoms with Gasteiger partial charge in [0.05, 0.1) is 12.1 Å². The molecule has 4 nitrogen and oxygen atoms in total. The van der Waals surface area contributed by atoms with E-state index < -0.39 is 0 Å². The minimum atomic E-state index is -0.0477. The van der Waals surface area contributed by atoms with Gasteiger partial charge < -0.3 is 15.8 Å². The van der Waals surface area contributed by atoms with Crippen molar-refractivity contribution in [1.29, 1.82) is 0 Å². The van der Waals surface area contributed by atoms with Crippen LogP contribution in [0.25, 0.3) is 0 Å². The molecule has 1 aromatic rings. The molecule has 1 aromatic carbocycles. The summed E-state index contributed by atoms with van der Waals surface area (Å²) in [6.45, 7) is 2.54. The number of carbonyl (C=O) groups excluding carboxylic acids is 1. The highest BCUT2D eigenvalue weighted by Crippen LogP contribution is 2.27. The molecule has 0 radical (unpaired) electrons. The largest absolute Gasteiger partial charge is 0.495 e. The average Bonchev–Trinajstić information content (AvgIpc) is 2.36. The number of halogens is 1. The number of amides is 1. The van der Waals surface area contributed by atoms with Crippen molar-refractivity contribution in [3.8, 4) is 5.75 Å². The van der Waals surface area contributed by atoms with E-state index >= 15 is 0 Å². The number of carbonyl (C=O) groups is 1. The molecule has 0 aliphatic rings. The van der Waals surface area contributed by atoms with Crippen molar-refractivity contribution in [2.45, 2.75) is 19.8 Å². The van der Waals surface area contributed by atoms with Gasteiger partial charge in [0, 0.05) is 12.1 Å². The Balaban J connectivity index is 2.62. The van der Waals surface area contributed by atoms with Crippen molar-refractivity contribution in [1.82, 2.24) is 0 Å². The first-order chi connectivity index (χ1) is 8.60. The van der Waals surface area contributed by atoms with Crippen LogP contribution in [0, 0.1) is 5.92 Å². The third kappa shape index (κ3) is 4.20. The van der Waals surface area contributed by atoms with Gasteiger partial charge in [-0.2, -0.15) is 0 Å². The van der Waals surface area contributed by atoms with E-state index in [0.29, 0.717) is 29.4 Å². The van der Waals surface area contributed by atoms with Crippen molar-refractivity contribution in [2.24, 2.45) is 11.7 Å². The van der Waals surface area contributed by atoms with Gasteiger partial charge in [-0.3, -0.25) is 4.79 Å². The van der Waals surface area contributed by atoms with E-state index in [1.54, 1.807) is 25.3 Å². The lowest BCUT2D eigenvalue weighted by molar-refractivity contribution is -0.117. The van der Waals surface area contributed by atoms with E-state index in [1.807, 2.05) is 6.92 Å². The fourth-order valence-corrected chi connectivity index (χ4v) is 1.87. The van der Waals surface area contributed by atoms with Crippen LogP contribution < -0.4 is 15.8 Å². The molecule has 0 saturated carbocycles. The number of hydrogen-bond acceptors (Lipinski definition) is 3. The third-order valence-electron chi connectivity index (χ3n) is 2.82. The van der Waals surface area contributed by atoms with E-state index in [4.69, 9.17) is 22.1 Å². The van der Waals surface area contributed by atoms with Gasteiger partial charge in [0.15, 0.2) is 0 Å². The van der Waals surface area contributed by atoms with Gasteiger partial charge in [-0.1, -0.05) is 24.9 Å². The Bertz CT molecular complexity index is 406. The summed E-state index contributed by atoms with van der Waals surface area (Å²) in [5.41, 5.74) is 6.23. The highest BCUT2D eigenvalue weighted by Gasteiger charge is 2.11. The maximum Gasteiger partial charge on any atom is 0.224 e. The van der Waals surface area contributed by atoms with Gasteiger partial charge >= 0.3 is 0 Å². The zero-order chi connectivity index (χ0) is 13.5. The quantitative estimate of drug-likeness (QED) is 0.835. The van der Waals surface area contributed by atoms with Crippen molar-refractivity contribution >= 4 is 23.2 Å². The maximum absolute atomic E-state index is 11.8. The van der Waals surface area contributed by atoms with Crippen molar-refractivity contribution in [2.75, 3.05) is 19.0 Å². The minimum absolute atomic E-state index is 0.0477. The Morgan fingerprint density at radius 2 is 2.28 bits per heavy atom. The van der Waals surface area contributed by atoms with E-state index in [1.165, 1.54) is 0 Å². The molecule has 0 aliphatic heterocycles. The van der Waals surface area contributed by atoms with Gasteiger partial charge in [0.1, 0.15) is 5.75 Å². The average molecular weight is 271 g/mol. The second-order valence-corrected chi connectivity index (χ2v) is 4.52. The van der Waals surface area contributed by atoms with Crippen LogP contribution in [0.2, 0.25) is 5.02 Å². The smallest absolute Gasteiger partial charge is 0.224 e. The molecule has 5 heteroatoms. The summed E-state index contributed by atoms with van der Waals surface area (Å²) in [6.07, 6.45) is 1.32. The maximum atomic E-state index is 11.8. The number of anilines is 1. The Hall–Kier alpha value is -1.26. The van der Waals surface area contributed by atoms with Crippen LogP contribution in [0.1, 0.15) is 19.8 Å². The van der Waals surface area contributed by atoms with Gasteiger partial charge in [-0.05, 0) is 30.7 Å². The van der Waals surface area contributed by atoms with Gasteiger partial charge in [0.25, 0.3) is 0 Å². The second-order valence-electron chi connectivity index (χ2n) is 4.11. The van der Waals surface area contributed by atoms with E-state index in [2.05, 4.69) is 5.32 Å². The van der Waals surface area contributed by atoms with Gasteiger partial charge in [-0.25, -0.2) is 0 Å². The van der Waals surface area contributed by atoms with Crippen LogP contribution in [0.4, 0.5) is 5.69 Å². The van der Waals surface area contributed by atoms with E-state index in [0.717, 1.165) is 6.42 Å². The Morgan fingerprint density at radius 1 is 1.56 bits per heavy atom. The van der Waals surface area contributed by atoms with Crippen molar-refractivity contribution < 1.29 is 9.53 Å². The van der Waals surface area contributed by atoms with Crippen LogP contribution in [0.5, 0.6) is 5.75 Å². The molecule has 0 heterocycles. The molecule has 0 aliphatic carbocycles. The molecule has 3 N–H and O–H groups in total. The van der Waals surface area contributed by atoms with E-state index in [-0.39, 0.29) is 11.8 Å². The highest BCUT2D eigenvalue weighted by molar-refractivity contribution is 6.32. The predicted octanol–water partition coefficient (Wildman–Crippen LogP) is 2.66. The number of benzene rings is 1. The standard InChI is InChI=1S/C13H19ClN2O2/c1-3-9(8-15)6-13(17)16-10-4-5-12(18-2)11(14)7-10/h4-5,7,9H,3,6,8,15H2,1-2H3,(H,16,17). The molecule has 1 amide bonds. The summed E-state index contributed by atoms with van der Waals surface area (Å²) in [7, 11) is 1.55. The SMILES string of the molecule is CCC(CN)CC(=O)Nc1ccc(OC)c(Cl)c1. The van der Waals surface area contributed by atoms with Crippen LogP contribution in [0.3, 0.4) is 0 Å². The lowest BCUT2D eigenvalue weighted by atomic mass is 10.0. The number of hydrogen-bond donors (Lipinski definition) is 2. The molecular weight excluding hydrogens is 252 g/mol.